The Morgan fingerprint density at radius 3 is 2.26 bits per heavy atom. The maximum atomic E-state index is 12.2. The summed E-state index contributed by atoms with van der Waals surface area (Å²) in [6, 6.07) is 13.9. The van der Waals surface area contributed by atoms with Crippen LogP contribution in [0.1, 0.15) is 22.3 Å². The van der Waals surface area contributed by atoms with Crippen molar-refractivity contribution in [3.63, 3.8) is 0 Å². The highest BCUT2D eigenvalue weighted by atomic mass is 32.2. The molecule has 19 heavy (non-hydrogen) atoms. The van der Waals surface area contributed by atoms with Gasteiger partial charge in [-0.05, 0) is 31.0 Å². The van der Waals surface area contributed by atoms with E-state index in [2.05, 4.69) is 32.0 Å². The molecule has 0 spiro atoms. The first kappa shape index (κ1) is 13.8. The second-order valence-corrected chi connectivity index (χ2v) is 6.38. The Bertz CT molecular complexity index is 587. The SMILES string of the molecule is Cc1cc(C)cc(CS(=O)Cc2ccccc2N)c1. The van der Waals surface area contributed by atoms with Crippen molar-refractivity contribution < 1.29 is 4.21 Å². The van der Waals surface area contributed by atoms with Gasteiger partial charge in [0.2, 0.25) is 0 Å². The van der Waals surface area contributed by atoms with Gasteiger partial charge in [0.1, 0.15) is 0 Å². The summed E-state index contributed by atoms with van der Waals surface area (Å²) in [6.45, 7) is 4.13. The molecule has 0 aliphatic carbocycles. The van der Waals surface area contributed by atoms with Crippen LogP contribution >= 0.6 is 0 Å². The number of nitrogen functional groups attached to an aromatic ring is 1. The standard InChI is InChI=1S/C16H19NOS/c1-12-7-13(2)9-14(8-12)10-19(18)11-15-5-3-4-6-16(15)17/h3-9H,10-11,17H2,1-2H3. The van der Waals surface area contributed by atoms with Crippen LogP contribution in [0.2, 0.25) is 0 Å². The Morgan fingerprint density at radius 1 is 1.00 bits per heavy atom. The lowest BCUT2D eigenvalue weighted by atomic mass is 10.1. The van der Waals surface area contributed by atoms with Gasteiger partial charge in [0, 0.05) is 22.2 Å². The van der Waals surface area contributed by atoms with E-state index in [0.717, 1.165) is 16.8 Å². The number of hydrogen-bond acceptors (Lipinski definition) is 2. The van der Waals surface area contributed by atoms with Crippen molar-refractivity contribution in [1.29, 1.82) is 0 Å². The highest BCUT2D eigenvalue weighted by molar-refractivity contribution is 7.83. The summed E-state index contributed by atoms with van der Waals surface area (Å²) >= 11 is 0. The molecule has 0 saturated heterocycles. The molecule has 3 heteroatoms. The molecule has 0 saturated carbocycles. The van der Waals surface area contributed by atoms with E-state index in [0.29, 0.717) is 11.5 Å². The Kier molecular flexibility index (Phi) is 4.38. The Morgan fingerprint density at radius 2 is 1.63 bits per heavy atom. The molecule has 2 aromatic carbocycles. The van der Waals surface area contributed by atoms with E-state index in [-0.39, 0.29) is 0 Å². The van der Waals surface area contributed by atoms with Crippen molar-refractivity contribution in [2.75, 3.05) is 5.73 Å². The van der Waals surface area contributed by atoms with Crippen molar-refractivity contribution in [2.24, 2.45) is 0 Å². The number of nitrogens with two attached hydrogens (primary N) is 1. The molecule has 0 aliphatic heterocycles. The summed E-state index contributed by atoms with van der Waals surface area (Å²) in [6.07, 6.45) is 0. The van der Waals surface area contributed by atoms with Crippen LogP contribution < -0.4 is 5.73 Å². The van der Waals surface area contributed by atoms with Crippen LogP contribution in [0, 0.1) is 13.8 Å². The Labute approximate surface area is 117 Å². The first-order valence-corrected chi connectivity index (χ1v) is 7.79. The average molecular weight is 273 g/mol. The highest BCUT2D eigenvalue weighted by Gasteiger charge is 2.06. The van der Waals surface area contributed by atoms with E-state index in [1.54, 1.807) is 0 Å². The monoisotopic (exact) mass is 273 g/mol. The minimum absolute atomic E-state index is 0.514. The minimum Gasteiger partial charge on any atom is -0.398 e. The van der Waals surface area contributed by atoms with E-state index in [9.17, 15) is 4.21 Å². The van der Waals surface area contributed by atoms with Gasteiger partial charge >= 0.3 is 0 Å². The van der Waals surface area contributed by atoms with Crippen LogP contribution in [0.15, 0.2) is 42.5 Å². The molecule has 0 radical (unpaired) electrons. The number of hydrogen-bond donors (Lipinski definition) is 1. The number of aryl methyl sites for hydroxylation is 2. The van der Waals surface area contributed by atoms with Crippen molar-refractivity contribution in [2.45, 2.75) is 25.4 Å². The van der Waals surface area contributed by atoms with E-state index in [1.807, 2.05) is 24.3 Å². The van der Waals surface area contributed by atoms with Crippen LogP contribution in [-0.2, 0) is 22.3 Å². The van der Waals surface area contributed by atoms with Crippen LogP contribution in [0.3, 0.4) is 0 Å². The summed E-state index contributed by atoms with van der Waals surface area (Å²) in [7, 11) is -0.929. The van der Waals surface area contributed by atoms with Crippen LogP contribution in [0.25, 0.3) is 0 Å². The fourth-order valence-electron chi connectivity index (χ4n) is 2.23. The van der Waals surface area contributed by atoms with Crippen molar-refractivity contribution >= 4 is 16.5 Å². The molecule has 100 valence electrons. The topological polar surface area (TPSA) is 43.1 Å². The lowest BCUT2D eigenvalue weighted by Crippen LogP contribution is -2.02. The van der Waals surface area contributed by atoms with Gasteiger partial charge in [-0.2, -0.15) is 0 Å². The van der Waals surface area contributed by atoms with Gasteiger partial charge in [-0.1, -0.05) is 47.5 Å². The van der Waals surface area contributed by atoms with Crippen LogP contribution in [0.5, 0.6) is 0 Å². The van der Waals surface area contributed by atoms with Crippen LogP contribution in [-0.4, -0.2) is 4.21 Å². The number of anilines is 1. The molecular weight excluding hydrogens is 254 g/mol. The lowest BCUT2D eigenvalue weighted by molar-refractivity contribution is 0.682. The van der Waals surface area contributed by atoms with Gasteiger partial charge in [-0.15, -0.1) is 0 Å². The third-order valence-electron chi connectivity index (χ3n) is 2.98. The van der Waals surface area contributed by atoms with E-state index in [4.69, 9.17) is 5.73 Å². The smallest absolute Gasteiger partial charge is 0.0509 e. The molecule has 0 heterocycles. The average Bonchev–Trinajstić information content (AvgIpc) is 2.30. The summed E-state index contributed by atoms with van der Waals surface area (Å²) in [4.78, 5) is 0. The maximum Gasteiger partial charge on any atom is 0.0509 e. The van der Waals surface area contributed by atoms with Gasteiger partial charge in [0.15, 0.2) is 0 Å². The molecule has 0 fully saturated rings. The quantitative estimate of drug-likeness (QED) is 0.868. The predicted molar refractivity (Wildman–Crippen MR) is 82.3 cm³/mol. The Balaban J connectivity index is 2.07. The molecule has 0 amide bonds. The second-order valence-electron chi connectivity index (χ2n) is 4.92. The third-order valence-corrected chi connectivity index (χ3v) is 4.27. The largest absolute Gasteiger partial charge is 0.398 e. The van der Waals surface area contributed by atoms with E-state index >= 15 is 0 Å². The van der Waals surface area contributed by atoms with Gasteiger partial charge in [0.05, 0.1) is 5.75 Å². The van der Waals surface area contributed by atoms with Gasteiger partial charge in [-0.25, -0.2) is 0 Å². The first-order chi connectivity index (χ1) is 9.04. The number of benzene rings is 2. The predicted octanol–water partition coefficient (Wildman–Crippen LogP) is 3.33. The van der Waals surface area contributed by atoms with Gasteiger partial charge in [-0.3, -0.25) is 4.21 Å². The van der Waals surface area contributed by atoms with Crippen molar-refractivity contribution in [3.8, 4) is 0 Å². The molecule has 2 nitrogen and oxygen atoms in total. The van der Waals surface area contributed by atoms with Gasteiger partial charge in [0.25, 0.3) is 0 Å². The Hall–Kier alpha value is -1.61. The zero-order chi connectivity index (χ0) is 13.8. The summed E-state index contributed by atoms with van der Waals surface area (Å²) in [5.74, 6) is 1.09. The van der Waals surface area contributed by atoms with E-state index in [1.165, 1.54) is 11.1 Å². The summed E-state index contributed by atoms with van der Waals surface area (Å²) < 4.78 is 12.2. The zero-order valence-corrected chi connectivity index (χ0v) is 12.2. The highest BCUT2D eigenvalue weighted by Crippen LogP contribution is 2.16. The minimum atomic E-state index is -0.929. The fraction of sp³-hybridized carbons (Fsp3) is 0.250. The van der Waals surface area contributed by atoms with Gasteiger partial charge < -0.3 is 5.73 Å². The molecule has 2 rings (SSSR count). The number of para-hydroxylation sites is 1. The molecule has 2 N–H and O–H groups in total. The first-order valence-electron chi connectivity index (χ1n) is 6.30. The van der Waals surface area contributed by atoms with Crippen molar-refractivity contribution in [1.82, 2.24) is 0 Å². The summed E-state index contributed by atoms with van der Waals surface area (Å²) in [5.41, 5.74) is 11.1. The molecule has 0 aromatic heterocycles. The normalized spacial score (nSPS) is 12.3. The van der Waals surface area contributed by atoms with Crippen molar-refractivity contribution in [3.05, 3.63) is 64.7 Å². The van der Waals surface area contributed by atoms with Crippen LogP contribution in [0.4, 0.5) is 5.69 Å². The second kappa shape index (κ2) is 6.02. The zero-order valence-electron chi connectivity index (χ0n) is 11.3. The molecule has 1 unspecified atom stereocenters. The maximum absolute atomic E-state index is 12.2. The third kappa shape index (κ3) is 3.93. The summed E-state index contributed by atoms with van der Waals surface area (Å²) in [5, 5.41) is 0. The molecule has 2 aromatic rings. The lowest BCUT2D eigenvalue weighted by Gasteiger charge is -2.07. The molecule has 1 atom stereocenters. The molecular formula is C16H19NOS. The fourth-order valence-corrected chi connectivity index (χ4v) is 3.48. The molecule has 0 bridgehead atoms. The molecule has 0 aliphatic rings. The van der Waals surface area contributed by atoms with E-state index < -0.39 is 10.8 Å². The number of rotatable bonds is 4.